The number of benzene rings is 2. The lowest BCUT2D eigenvalue weighted by Gasteiger charge is -2.08. The molecule has 1 N–H and O–H groups in total. The van der Waals surface area contributed by atoms with Crippen molar-refractivity contribution in [3.8, 4) is 0 Å². The Labute approximate surface area is 130 Å². The first-order valence-corrected chi connectivity index (χ1v) is 7.53. The third kappa shape index (κ3) is 2.89. The summed E-state index contributed by atoms with van der Waals surface area (Å²) >= 11 is 0. The molecule has 0 aliphatic heterocycles. The highest BCUT2D eigenvalue weighted by Crippen LogP contribution is 2.19. The molecule has 1 amide bonds. The van der Waals surface area contributed by atoms with Crippen molar-refractivity contribution in [1.29, 1.82) is 0 Å². The number of rotatable bonds is 4. The zero-order valence-corrected chi connectivity index (χ0v) is 13.0. The van der Waals surface area contributed by atoms with Crippen LogP contribution in [0.15, 0.2) is 54.7 Å². The summed E-state index contributed by atoms with van der Waals surface area (Å²) in [6, 6.07) is 16.3. The fourth-order valence-corrected chi connectivity index (χ4v) is 2.71. The molecule has 0 aliphatic carbocycles. The Hall–Kier alpha value is -2.55. The topological polar surface area (TPSA) is 34.0 Å². The van der Waals surface area contributed by atoms with Gasteiger partial charge in [0.15, 0.2) is 0 Å². The lowest BCUT2D eigenvalue weighted by Crippen LogP contribution is -2.26. The zero-order chi connectivity index (χ0) is 15.5. The van der Waals surface area contributed by atoms with Crippen molar-refractivity contribution in [3.05, 3.63) is 71.4 Å². The van der Waals surface area contributed by atoms with Gasteiger partial charge in [0.05, 0.1) is 11.1 Å². The number of para-hydroxylation sites is 1. The van der Waals surface area contributed by atoms with Crippen LogP contribution in [-0.4, -0.2) is 17.0 Å². The van der Waals surface area contributed by atoms with Gasteiger partial charge in [0, 0.05) is 25.2 Å². The number of hydrogen-bond donors (Lipinski definition) is 1. The summed E-state index contributed by atoms with van der Waals surface area (Å²) in [6.45, 7) is 2.72. The van der Waals surface area contributed by atoms with Gasteiger partial charge in [-0.05, 0) is 31.0 Å². The normalized spacial score (nSPS) is 10.8. The Balaban J connectivity index is 1.69. The molecule has 3 rings (SSSR count). The van der Waals surface area contributed by atoms with Gasteiger partial charge in [0.2, 0.25) is 0 Å². The molecule has 1 aromatic heterocycles. The molecule has 0 saturated heterocycles. The van der Waals surface area contributed by atoms with Gasteiger partial charge < -0.3 is 9.88 Å². The Morgan fingerprint density at radius 2 is 1.86 bits per heavy atom. The molecule has 3 nitrogen and oxygen atoms in total. The van der Waals surface area contributed by atoms with Crippen LogP contribution in [0.3, 0.4) is 0 Å². The summed E-state index contributed by atoms with van der Waals surface area (Å²) < 4.78 is 1.99. The standard InChI is InChI=1S/C19H20N2O/c1-14-6-8-15(9-7-14)10-12-20-19(22)17-5-3-4-16-11-13-21(2)18(16)17/h3-9,11,13H,10,12H2,1-2H3,(H,20,22). The lowest BCUT2D eigenvalue weighted by atomic mass is 10.1. The number of aryl methyl sites for hydroxylation is 2. The van der Waals surface area contributed by atoms with Gasteiger partial charge in [-0.3, -0.25) is 4.79 Å². The molecule has 0 spiro atoms. The maximum atomic E-state index is 12.4. The number of aromatic nitrogens is 1. The summed E-state index contributed by atoms with van der Waals surface area (Å²) in [4.78, 5) is 12.4. The molecule has 3 aromatic rings. The quantitative estimate of drug-likeness (QED) is 0.785. The predicted octanol–water partition coefficient (Wildman–Crippen LogP) is 3.46. The third-order valence-electron chi connectivity index (χ3n) is 3.96. The number of carbonyl (C=O) groups is 1. The molecule has 22 heavy (non-hydrogen) atoms. The average Bonchev–Trinajstić information content (AvgIpc) is 2.91. The van der Waals surface area contributed by atoms with Gasteiger partial charge in [0.1, 0.15) is 0 Å². The van der Waals surface area contributed by atoms with Crippen LogP contribution >= 0.6 is 0 Å². The Morgan fingerprint density at radius 1 is 1.09 bits per heavy atom. The van der Waals surface area contributed by atoms with Crippen molar-refractivity contribution in [3.63, 3.8) is 0 Å². The van der Waals surface area contributed by atoms with E-state index in [9.17, 15) is 4.79 Å². The second-order valence-electron chi connectivity index (χ2n) is 5.66. The van der Waals surface area contributed by atoms with Gasteiger partial charge in [-0.25, -0.2) is 0 Å². The Morgan fingerprint density at radius 3 is 2.64 bits per heavy atom. The third-order valence-corrected chi connectivity index (χ3v) is 3.96. The highest BCUT2D eigenvalue weighted by Gasteiger charge is 2.11. The second kappa shape index (κ2) is 6.06. The van der Waals surface area contributed by atoms with E-state index in [1.165, 1.54) is 11.1 Å². The number of amides is 1. The minimum absolute atomic E-state index is 0.0143. The number of carbonyl (C=O) groups excluding carboxylic acids is 1. The van der Waals surface area contributed by atoms with E-state index in [1.54, 1.807) is 0 Å². The van der Waals surface area contributed by atoms with E-state index in [-0.39, 0.29) is 5.91 Å². The zero-order valence-electron chi connectivity index (χ0n) is 13.0. The SMILES string of the molecule is Cc1ccc(CCNC(=O)c2cccc3ccn(C)c23)cc1. The van der Waals surface area contributed by atoms with Crippen LogP contribution in [0.4, 0.5) is 0 Å². The van der Waals surface area contributed by atoms with E-state index >= 15 is 0 Å². The average molecular weight is 292 g/mol. The fraction of sp³-hybridized carbons (Fsp3) is 0.211. The van der Waals surface area contributed by atoms with Crippen LogP contribution in [0.1, 0.15) is 21.5 Å². The largest absolute Gasteiger partial charge is 0.352 e. The van der Waals surface area contributed by atoms with Gasteiger partial charge in [0.25, 0.3) is 5.91 Å². The highest BCUT2D eigenvalue weighted by molar-refractivity contribution is 6.05. The molecule has 0 aliphatic rings. The molecule has 0 radical (unpaired) electrons. The van der Waals surface area contributed by atoms with Crippen molar-refractivity contribution in [2.24, 2.45) is 7.05 Å². The van der Waals surface area contributed by atoms with E-state index in [0.29, 0.717) is 6.54 Å². The molecule has 0 unspecified atom stereocenters. The number of hydrogen-bond acceptors (Lipinski definition) is 1. The van der Waals surface area contributed by atoms with Crippen LogP contribution in [0.5, 0.6) is 0 Å². The van der Waals surface area contributed by atoms with Crippen LogP contribution in [0.2, 0.25) is 0 Å². The molecule has 0 fully saturated rings. The lowest BCUT2D eigenvalue weighted by molar-refractivity contribution is 0.0955. The molecule has 2 aromatic carbocycles. The van der Waals surface area contributed by atoms with Gasteiger partial charge in [-0.2, -0.15) is 0 Å². The summed E-state index contributed by atoms with van der Waals surface area (Å²) in [7, 11) is 1.96. The number of nitrogens with one attached hydrogen (secondary N) is 1. The molecule has 0 bridgehead atoms. The van der Waals surface area contributed by atoms with Crippen molar-refractivity contribution in [2.45, 2.75) is 13.3 Å². The van der Waals surface area contributed by atoms with Crippen molar-refractivity contribution < 1.29 is 4.79 Å². The van der Waals surface area contributed by atoms with E-state index in [2.05, 4.69) is 36.5 Å². The van der Waals surface area contributed by atoms with Gasteiger partial charge in [-0.15, -0.1) is 0 Å². The monoisotopic (exact) mass is 292 g/mol. The van der Waals surface area contributed by atoms with E-state index in [1.807, 2.05) is 42.1 Å². The first kappa shape index (κ1) is 14.4. The maximum absolute atomic E-state index is 12.4. The van der Waals surface area contributed by atoms with Crippen molar-refractivity contribution in [1.82, 2.24) is 9.88 Å². The van der Waals surface area contributed by atoms with Gasteiger partial charge in [-0.1, -0.05) is 42.0 Å². The van der Waals surface area contributed by atoms with E-state index in [4.69, 9.17) is 0 Å². The minimum atomic E-state index is -0.0143. The van der Waals surface area contributed by atoms with E-state index in [0.717, 1.165) is 22.9 Å². The smallest absolute Gasteiger partial charge is 0.253 e. The number of fused-ring (bicyclic) bond motifs is 1. The summed E-state index contributed by atoms with van der Waals surface area (Å²) in [5, 5.41) is 4.11. The Bertz CT molecular complexity index is 800. The predicted molar refractivity (Wildman–Crippen MR) is 90.1 cm³/mol. The molecule has 112 valence electrons. The number of nitrogens with zero attached hydrogens (tertiary/aromatic N) is 1. The van der Waals surface area contributed by atoms with Crippen LogP contribution in [0.25, 0.3) is 10.9 Å². The first-order chi connectivity index (χ1) is 10.6. The molecule has 0 saturated carbocycles. The van der Waals surface area contributed by atoms with E-state index < -0.39 is 0 Å². The van der Waals surface area contributed by atoms with Crippen LogP contribution in [-0.2, 0) is 13.5 Å². The van der Waals surface area contributed by atoms with Crippen molar-refractivity contribution in [2.75, 3.05) is 6.54 Å². The van der Waals surface area contributed by atoms with Crippen molar-refractivity contribution >= 4 is 16.8 Å². The Kier molecular flexibility index (Phi) is 3.96. The molecule has 3 heteroatoms. The first-order valence-electron chi connectivity index (χ1n) is 7.53. The molecular weight excluding hydrogens is 272 g/mol. The summed E-state index contributed by atoms with van der Waals surface area (Å²) in [5.74, 6) is -0.0143. The molecule has 1 heterocycles. The summed E-state index contributed by atoms with van der Waals surface area (Å²) in [6.07, 6.45) is 2.82. The fourth-order valence-electron chi connectivity index (χ4n) is 2.71. The van der Waals surface area contributed by atoms with Crippen LogP contribution in [0, 0.1) is 6.92 Å². The second-order valence-corrected chi connectivity index (χ2v) is 5.66. The highest BCUT2D eigenvalue weighted by atomic mass is 16.1. The summed E-state index contributed by atoms with van der Waals surface area (Å²) in [5.41, 5.74) is 4.20. The molecule has 0 atom stereocenters. The van der Waals surface area contributed by atoms with Gasteiger partial charge >= 0.3 is 0 Å². The minimum Gasteiger partial charge on any atom is -0.352 e. The molecular formula is C19H20N2O. The van der Waals surface area contributed by atoms with Crippen LogP contribution < -0.4 is 5.32 Å². The maximum Gasteiger partial charge on any atom is 0.253 e.